The van der Waals surface area contributed by atoms with Gasteiger partial charge >= 0.3 is 12.1 Å². The van der Waals surface area contributed by atoms with E-state index in [1.165, 1.54) is 0 Å². The zero-order valence-corrected chi connectivity index (χ0v) is 20.9. The van der Waals surface area contributed by atoms with E-state index in [0.717, 1.165) is 36.1 Å². The molecule has 38 heavy (non-hydrogen) atoms. The standard InChI is InChI=1S/C24H24F7NO5S/c1-13(22(33)34)12-37-19-10-20-18(9-17(19)24(29,30)31)32(16-5-3-15(25)4-6-16)11-14(7-8-23(2,27)28)21(26)38(20,35)36/h3-6,9-10,13-14,21H,7-8,11-12H2,1-2H3,(H,33,34)/t13-,14-,21+/m1/s1. The number of anilines is 2. The predicted molar refractivity (Wildman–Crippen MR) is 123 cm³/mol. The molecule has 1 aliphatic rings. The molecule has 0 saturated carbocycles. The third kappa shape index (κ3) is 6.51. The number of halogens is 7. The maximum atomic E-state index is 15.5. The molecule has 3 atom stereocenters. The lowest BCUT2D eigenvalue weighted by Crippen LogP contribution is -2.32. The first-order valence-corrected chi connectivity index (χ1v) is 12.9. The van der Waals surface area contributed by atoms with Crippen molar-refractivity contribution < 1.29 is 53.8 Å². The summed E-state index contributed by atoms with van der Waals surface area (Å²) in [4.78, 5) is 11.2. The third-order valence-corrected chi connectivity index (χ3v) is 7.97. The van der Waals surface area contributed by atoms with Gasteiger partial charge in [-0.2, -0.15) is 13.2 Å². The summed E-state index contributed by atoms with van der Waals surface area (Å²) in [5, 5.41) is 9.02. The van der Waals surface area contributed by atoms with Gasteiger partial charge in [-0.1, -0.05) is 0 Å². The predicted octanol–water partition coefficient (Wildman–Crippen LogP) is 6.22. The molecule has 0 fully saturated rings. The number of benzene rings is 2. The van der Waals surface area contributed by atoms with Gasteiger partial charge in [0.15, 0.2) is 0 Å². The van der Waals surface area contributed by atoms with Gasteiger partial charge in [0, 0.05) is 30.6 Å². The van der Waals surface area contributed by atoms with Gasteiger partial charge in [0.05, 0.1) is 22.1 Å². The first-order valence-electron chi connectivity index (χ1n) is 11.3. The lowest BCUT2D eigenvalue weighted by Gasteiger charge is -2.29. The number of sulfone groups is 1. The molecular weight excluding hydrogens is 547 g/mol. The number of alkyl halides is 6. The van der Waals surface area contributed by atoms with Crippen LogP contribution in [-0.4, -0.2) is 44.1 Å². The monoisotopic (exact) mass is 571 g/mol. The Hall–Kier alpha value is -3.03. The van der Waals surface area contributed by atoms with Gasteiger partial charge in [0.2, 0.25) is 21.3 Å². The second-order valence-electron chi connectivity index (χ2n) is 9.22. The van der Waals surface area contributed by atoms with Gasteiger partial charge in [-0.05, 0) is 50.6 Å². The van der Waals surface area contributed by atoms with Gasteiger partial charge in [-0.15, -0.1) is 0 Å². The molecule has 0 aromatic heterocycles. The zero-order chi connectivity index (χ0) is 28.6. The fourth-order valence-corrected chi connectivity index (χ4v) is 5.64. The summed E-state index contributed by atoms with van der Waals surface area (Å²) in [7, 11) is -5.05. The van der Waals surface area contributed by atoms with Crippen molar-refractivity contribution in [3.8, 4) is 5.75 Å². The van der Waals surface area contributed by atoms with E-state index in [-0.39, 0.29) is 5.69 Å². The van der Waals surface area contributed by atoms with Crippen LogP contribution in [0.1, 0.15) is 32.3 Å². The van der Waals surface area contributed by atoms with Crippen LogP contribution < -0.4 is 9.64 Å². The molecule has 2 aromatic rings. The Morgan fingerprint density at radius 3 is 2.29 bits per heavy atom. The Bertz CT molecular complexity index is 1280. The Balaban J connectivity index is 2.25. The molecule has 1 aliphatic heterocycles. The average Bonchev–Trinajstić information content (AvgIpc) is 2.88. The van der Waals surface area contributed by atoms with Crippen LogP contribution in [0.15, 0.2) is 41.3 Å². The van der Waals surface area contributed by atoms with Crippen LogP contribution in [0, 0.1) is 17.7 Å². The molecule has 2 aromatic carbocycles. The number of carboxylic acids is 1. The van der Waals surface area contributed by atoms with E-state index in [4.69, 9.17) is 9.84 Å². The molecular formula is C24H24F7NO5S. The number of hydrogen-bond acceptors (Lipinski definition) is 5. The molecule has 0 aliphatic carbocycles. The fraction of sp³-hybridized carbons (Fsp3) is 0.458. The smallest absolute Gasteiger partial charge is 0.420 e. The van der Waals surface area contributed by atoms with Crippen LogP contribution >= 0.6 is 0 Å². The van der Waals surface area contributed by atoms with Gasteiger partial charge in [0.1, 0.15) is 18.2 Å². The molecule has 1 heterocycles. The Labute approximate surface area is 213 Å². The number of ether oxygens (including phenoxy) is 1. The minimum atomic E-state index is -5.11. The normalized spacial score (nSPS) is 20.4. The second-order valence-corrected chi connectivity index (χ2v) is 11.2. The van der Waals surface area contributed by atoms with Gasteiger partial charge in [-0.25, -0.2) is 26.0 Å². The highest BCUT2D eigenvalue weighted by Crippen LogP contribution is 2.47. The molecule has 0 bridgehead atoms. The lowest BCUT2D eigenvalue weighted by atomic mass is 10.00. The van der Waals surface area contributed by atoms with Crippen molar-refractivity contribution in [2.45, 2.75) is 49.2 Å². The molecule has 0 saturated heterocycles. The lowest BCUT2D eigenvalue weighted by molar-refractivity contribution is -0.142. The van der Waals surface area contributed by atoms with E-state index in [1.807, 2.05) is 0 Å². The van der Waals surface area contributed by atoms with Crippen molar-refractivity contribution >= 4 is 27.2 Å². The maximum Gasteiger partial charge on any atom is 0.420 e. The third-order valence-electron chi connectivity index (χ3n) is 6.05. The molecule has 0 spiro atoms. The number of rotatable bonds is 8. The van der Waals surface area contributed by atoms with E-state index >= 15 is 4.39 Å². The fourth-order valence-electron chi connectivity index (χ4n) is 3.93. The van der Waals surface area contributed by atoms with Crippen molar-refractivity contribution in [2.24, 2.45) is 11.8 Å². The van der Waals surface area contributed by atoms with Crippen LogP contribution in [0.4, 0.5) is 42.1 Å². The largest absolute Gasteiger partial charge is 0.492 e. The molecule has 3 rings (SSSR count). The number of aliphatic carboxylic acids is 1. The molecule has 0 radical (unpaired) electrons. The Morgan fingerprint density at radius 1 is 1.16 bits per heavy atom. The molecule has 6 nitrogen and oxygen atoms in total. The van der Waals surface area contributed by atoms with Gasteiger partial charge in [-0.3, -0.25) is 4.79 Å². The van der Waals surface area contributed by atoms with E-state index in [2.05, 4.69) is 0 Å². The summed E-state index contributed by atoms with van der Waals surface area (Å²) in [6, 6.07) is 5.03. The quantitative estimate of drug-likeness (QED) is 0.379. The first-order chi connectivity index (χ1) is 17.4. The van der Waals surface area contributed by atoms with Crippen LogP contribution in [0.2, 0.25) is 0 Å². The minimum Gasteiger partial charge on any atom is -0.492 e. The summed E-state index contributed by atoms with van der Waals surface area (Å²) in [5.41, 5.74) is -4.86. The number of carboxylic acid groups (broad SMARTS) is 1. The molecule has 210 valence electrons. The van der Waals surface area contributed by atoms with Crippen molar-refractivity contribution in [2.75, 3.05) is 18.1 Å². The molecule has 14 heteroatoms. The first kappa shape index (κ1) is 29.5. The molecule has 0 unspecified atom stereocenters. The number of carbonyl (C=O) groups is 1. The summed E-state index contributed by atoms with van der Waals surface area (Å²) in [6.45, 7) is 0.349. The maximum absolute atomic E-state index is 15.5. The number of hydrogen-bond donors (Lipinski definition) is 1. The summed E-state index contributed by atoms with van der Waals surface area (Å²) in [6.07, 6.45) is -6.63. The summed E-state index contributed by atoms with van der Waals surface area (Å²) >= 11 is 0. The van der Waals surface area contributed by atoms with Crippen LogP contribution in [-0.2, 0) is 20.8 Å². The average molecular weight is 572 g/mol. The summed E-state index contributed by atoms with van der Waals surface area (Å²) < 4.78 is 130. The van der Waals surface area contributed by atoms with Crippen molar-refractivity contribution in [3.63, 3.8) is 0 Å². The van der Waals surface area contributed by atoms with Gasteiger partial charge < -0.3 is 14.7 Å². The van der Waals surface area contributed by atoms with Crippen LogP contribution in [0.25, 0.3) is 0 Å². The minimum absolute atomic E-state index is 0.00787. The Morgan fingerprint density at radius 2 is 1.76 bits per heavy atom. The SMILES string of the molecule is C[C@H](COc1cc2c(cc1C(F)(F)F)N(c1ccc(F)cc1)C[C@@H](CCC(C)(F)F)[C@@H](F)S2(=O)=O)C(=O)O. The van der Waals surface area contributed by atoms with Crippen LogP contribution in [0.5, 0.6) is 5.75 Å². The highest BCUT2D eigenvalue weighted by Gasteiger charge is 2.45. The number of fused-ring (bicyclic) bond motifs is 1. The van der Waals surface area contributed by atoms with E-state index < -0.39 is 99.0 Å². The van der Waals surface area contributed by atoms with E-state index in [9.17, 15) is 39.6 Å². The molecule has 1 N–H and O–H groups in total. The van der Waals surface area contributed by atoms with Crippen molar-refractivity contribution in [3.05, 3.63) is 47.8 Å². The van der Waals surface area contributed by atoms with Crippen LogP contribution in [0.3, 0.4) is 0 Å². The zero-order valence-electron chi connectivity index (χ0n) is 20.1. The second kappa shape index (κ2) is 10.6. The highest BCUT2D eigenvalue weighted by molar-refractivity contribution is 7.92. The number of nitrogens with zero attached hydrogens (tertiary/aromatic N) is 1. The van der Waals surface area contributed by atoms with E-state index in [0.29, 0.717) is 19.1 Å². The topological polar surface area (TPSA) is 83.9 Å². The van der Waals surface area contributed by atoms with Gasteiger partial charge in [0.25, 0.3) is 0 Å². The Kier molecular flexibility index (Phi) is 8.25. The van der Waals surface area contributed by atoms with Crippen molar-refractivity contribution in [1.82, 2.24) is 0 Å². The summed E-state index contributed by atoms with van der Waals surface area (Å²) in [5.74, 6) is -9.27. The highest BCUT2D eigenvalue weighted by atomic mass is 32.2. The molecule has 0 amide bonds. The van der Waals surface area contributed by atoms with Crippen molar-refractivity contribution in [1.29, 1.82) is 0 Å². The van der Waals surface area contributed by atoms with E-state index in [1.54, 1.807) is 0 Å².